The van der Waals surface area contributed by atoms with Gasteiger partial charge in [0.05, 0.1) is 0 Å². The number of nitrogens with zero attached hydrogens (tertiary/aromatic N) is 2. The number of unbranched alkanes of at least 4 members (excludes halogenated alkanes) is 2. The van der Waals surface area contributed by atoms with Gasteiger partial charge in [-0.2, -0.15) is 0 Å². The molecule has 0 atom stereocenters. The number of nitrogens with two attached hydrogens (primary N) is 1. The van der Waals surface area contributed by atoms with Crippen LogP contribution in [-0.4, -0.2) is 35.5 Å². The first kappa shape index (κ1) is 14.4. The molecule has 0 aliphatic rings. The topological polar surface area (TPSA) is 68.3 Å². The SMILES string of the molecule is CN(CCCCCN)C(=O)c1ccn(C)c(=O)c1. The zero-order valence-corrected chi connectivity index (χ0v) is 11.1. The lowest BCUT2D eigenvalue weighted by molar-refractivity contribution is 0.0792. The zero-order chi connectivity index (χ0) is 13.5. The third kappa shape index (κ3) is 4.00. The summed E-state index contributed by atoms with van der Waals surface area (Å²) in [6, 6.07) is 3.04. The molecule has 1 amide bonds. The molecule has 1 aromatic heterocycles. The quantitative estimate of drug-likeness (QED) is 0.752. The predicted octanol–water partition coefficient (Wildman–Crippen LogP) is 0.586. The summed E-state index contributed by atoms with van der Waals surface area (Å²) in [7, 11) is 3.41. The Hall–Kier alpha value is -1.62. The minimum atomic E-state index is -0.169. The van der Waals surface area contributed by atoms with Crippen molar-refractivity contribution in [2.45, 2.75) is 19.3 Å². The van der Waals surface area contributed by atoms with Crippen molar-refractivity contribution in [3.05, 3.63) is 34.2 Å². The molecule has 0 aliphatic heterocycles. The Morgan fingerprint density at radius 1 is 1.39 bits per heavy atom. The number of aromatic nitrogens is 1. The lowest BCUT2D eigenvalue weighted by atomic mass is 10.2. The molecule has 18 heavy (non-hydrogen) atoms. The fourth-order valence-electron chi connectivity index (χ4n) is 1.67. The molecule has 5 nitrogen and oxygen atoms in total. The number of aryl methyl sites for hydroxylation is 1. The van der Waals surface area contributed by atoms with Gasteiger partial charge in [-0.25, -0.2) is 0 Å². The molecule has 1 aromatic rings. The minimum absolute atomic E-state index is 0.111. The Morgan fingerprint density at radius 3 is 2.72 bits per heavy atom. The van der Waals surface area contributed by atoms with Crippen molar-refractivity contribution >= 4 is 5.91 Å². The molecule has 2 N–H and O–H groups in total. The number of pyridine rings is 1. The number of rotatable bonds is 6. The molecule has 0 bridgehead atoms. The first-order valence-corrected chi connectivity index (χ1v) is 6.18. The molecule has 0 unspecified atom stereocenters. The van der Waals surface area contributed by atoms with E-state index < -0.39 is 0 Å². The summed E-state index contributed by atoms with van der Waals surface area (Å²) in [5, 5.41) is 0. The Labute approximate surface area is 107 Å². The Bertz CT molecular complexity index is 454. The molecular formula is C13H21N3O2. The van der Waals surface area contributed by atoms with Gasteiger partial charge in [0.2, 0.25) is 0 Å². The van der Waals surface area contributed by atoms with Crippen LogP contribution in [-0.2, 0) is 7.05 Å². The van der Waals surface area contributed by atoms with Crippen LogP contribution < -0.4 is 11.3 Å². The van der Waals surface area contributed by atoms with Crippen molar-refractivity contribution in [3.63, 3.8) is 0 Å². The van der Waals surface area contributed by atoms with Crippen LogP contribution in [0.2, 0.25) is 0 Å². The van der Waals surface area contributed by atoms with E-state index in [9.17, 15) is 9.59 Å². The van der Waals surface area contributed by atoms with Gasteiger partial charge in [0.25, 0.3) is 11.5 Å². The van der Waals surface area contributed by atoms with Crippen molar-refractivity contribution in [1.29, 1.82) is 0 Å². The van der Waals surface area contributed by atoms with Gasteiger partial charge in [0, 0.05) is 38.5 Å². The molecule has 0 aliphatic carbocycles. The minimum Gasteiger partial charge on any atom is -0.342 e. The molecule has 5 heteroatoms. The zero-order valence-electron chi connectivity index (χ0n) is 11.1. The third-order valence-corrected chi connectivity index (χ3v) is 2.90. The van der Waals surface area contributed by atoms with Crippen LogP contribution in [0.15, 0.2) is 23.1 Å². The van der Waals surface area contributed by atoms with E-state index in [4.69, 9.17) is 5.73 Å². The lowest BCUT2D eigenvalue weighted by Crippen LogP contribution is -2.29. The van der Waals surface area contributed by atoms with Crippen LogP contribution in [0.4, 0.5) is 0 Å². The molecule has 1 rings (SSSR count). The van der Waals surface area contributed by atoms with E-state index in [1.165, 1.54) is 10.6 Å². The largest absolute Gasteiger partial charge is 0.342 e. The number of carbonyl (C=O) groups excluding carboxylic acids is 1. The van der Waals surface area contributed by atoms with E-state index in [-0.39, 0.29) is 11.5 Å². The highest BCUT2D eigenvalue weighted by Crippen LogP contribution is 2.03. The molecule has 0 aromatic carbocycles. The second-order valence-electron chi connectivity index (χ2n) is 4.44. The molecule has 0 saturated heterocycles. The Morgan fingerprint density at radius 2 is 2.11 bits per heavy atom. The molecule has 1 heterocycles. The van der Waals surface area contributed by atoms with Crippen molar-refractivity contribution < 1.29 is 4.79 Å². The third-order valence-electron chi connectivity index (χ3n) is 2.90. The van der Waals surface area contributed by atoms with Crippen LogP contribution >= 0.6 is 0 Å². The van der Waals surface area contributed by atoms with Gasteiger partial charge < -0.3 is 15.2 Å². The highest BCUT2D eigenvalue weighted by Gasteiger charge is 2.11. The first-order valence-electron chi connectivity index (χ1n) is 6.18. The van der Waals surface area contributed by atoms with Gasteiger partial charge in [-0.15, -0.1) is 0 Å². The van der Waals surface area contributed by atoms with Crippen molar-refractivity contribution in [2.75, 3.05) is 20.1 Å². The average molecular weight is 251 g/mol. The number of hydrogen-bond acceptors (Lipinski definition) is 3. The van der Waals surface area contributed by atoms with E-state index in [2.05, 4.69) is 0 Å². The maximum absolute atomic E-state index is 12.0. The van der Waals surface area contributed by atoms with E-state index in [1.54, 1.807) is 31.3 Å². The summed E-state index contributed by atoms with van der Waals surface area (Å²) in [4.78, 5) is 25.1. The van der Waals surface area contributed by atoms with Gasteiger partial charge in [-0.1, -0.05) is 6.42 Å². The predicted molar refractivity (Wildman–Crippen MR) is 71.5 cm³/mol. The van der Waals surface area contributed by atoms with Gasteiger partial charge in [0.1, 0.15) is 0 Å². The van der Waals surface area contributed by atoms with E-state index in [0.717, 1.165) is 19.3 Å². The van der Waals surface area contributed by atoms with Crippen LogP contribution in [0.3, 0.4) is 0 Å². The highest BCUT2D eigenvalue weighted by atomic mass is 16.2. The highest BCUT2D eigenvalue weighted by molar-refractivity contribution is 5.93. The van der Waals surface area contributed by atoms with Gasteiger partial charge >= 0.3 is 0 Å². The number of amides is 1. The smallest absolute Gasteiger partial charge is 0.253 e. The van der Waals surface area contributed by atoms with E-state index in [0.29, 0.717) is 18.7 Å². The summed E-state index contributed by atoms with van der Waals surface area (Å²) >= 11 is 0. The fraction of sp³-hybridized carbons (Fsp3) is 0.538. The van der Waals surface area contributed by atoms with Crippen molar-refractivity contribution in [2.24, 2.45) is 12.8 Å². The fourth-order valence-corrected chi connectivity index (χ4v) is 1.67. The van der Waals surface area contributed by atoms with Crippen molar-refractivity contribution in [1.82, 2.24) is 9.47 Å². The van der Waals surface area contributed by atoms with E-state index in [1.807, 2.05) is 0 Å². The second-order valence-corrected chi connectivity index (χ2v) is 4.44. The Kier molecular flexibility index (Phi) is 5.58. The lowest BCUT2D eigenvalue weighted by Gasteiger charge is -2.17. The molecular weight excluding hydrogens is 230 g/mol. The van der Waals surface area contributed by atoms with Crippen LogP contribution in [0.25, 0.3) is 0 Å². The first-order chi connectivity index (χ1) is 8.56. The second kappa shape index (κ2) is 6.96. The number of hydrogen-bond donors (Lipinski definition) is 1. The monoisotopic (exact) mass is 251 g/mol. The van der Waals surface area contributed by atoms with Gasteiger partial charge in [0.15, 0.2) is 0 Å². The molecule has 0 saturated carbocycles. The summed E-state index contributed by atoms with van der Waals surface area (Å²) in [6.07, 6.45) is 4.54. The summed E-state index contributed by atoms with van der Waals surface area (Å²) < 4.78 is 1.44. The van der Waals surface area contributed by atoms with Crippen molar-refractivity contribution in [3.8, 4) is 0 Å². The summed E-state index contributed by atoms with van der Waals surface area (Å²) in [5.41, 5.74) is 5.68. The average Bonchev–Trinajstić information content (AvgIpc) is 2.37. The molecule has 100 valence electrons. The standard InChI is InChI=1S/C13H21N3O2/c1-15-9-6-11(10-12(15)17)13(18)16(2)8-5-3-4-7-14/h6,9-10H,3-5,7-8,14H2,1-2H3. The van der Waals surface area contributed by atoms with E-state index >= 15 is 0 Å². The Balaban J connectivity index is 2.57. The molecule has 0 radical (unpaired) electrons. The molecule has 0 spiro atoms. The van der Waals surface area contributed by atoms with Crippen LogP contribution in [0, 0.1) is 0 Å². The van der Waals surface area contributed by atoms with Gasteiger partial charge in [-0.05, 0) is 25.5 Å². The normalized spacial score (nSPS) is 10.4. The maximum atomic E-state index is 12.0. The maximum Gasteiger partial charge on any atom is 0.253 e. The molecule has 0 fully saturated rings. The van der Waals surface area contributed by atoms with Crippen LogP contribution in [0.1, 0.15) is 29.6 Å². The van der Waals surface area contributed by atoms with Crippen LogP contribution in [0.5, 0.6) is 0 Å². The van der Waals surface area contributed by atoms with Gasteiger partial charge in [-0.3, -0.25) is 9.59 Å². The summed E-state index contributed by atoms with van der Waals surface area (Å²) in [6.45, 7) is 1.38. The summed E-state index contributed by atoms with van der Waals surface area (Å²) in [5.74, 6) is -0.111. The number of carbonyl (C=O) groups is 1.